The van der Waals surface area contributed by atoms with Crippen LogP contribution >= 0.6 is 0 Å². The number of likely N-dealkylation sites (tertiary alicyclic amines) is 1. The minimum Gasteiger partial charge on any atom is -0.393 e. The molecule has 0 spiro atoms. The largest absolute Gasteiger partial charge is 0.393 e. The fourth-order valence-corrected chi connectivity index (χ4v) is 2.70. The Bertz CT molecular complexity index is 511. The van der Waals surface area contributed by atoms with Gasteiger partial charge < -0.3 is 10.0 Å². The number of piperidine rings is 1. The molecular weight excluding hydrogens is 290 g/mol. The third-order valence-electron chi connectivity index (χ3n) is 4.28. The van der Waals surface area contributed by atoms with Crippen LogP contribution in [0.2, 0.25) is 0 Å². The van der Waals surface area contributed by atoms with Crippen LogP contribution in [0.3, 0.4) is 0 Å². The van der Waals surface area contributed by atoms with E-state index in [1.165, 1.54) is 18.2 Å². The molecule has 0 radical (unpaired) electrons. The summed E-state index contributed by atoms with van der Waals surface area (Å²) >= 11 is 0. The van der Waals surface area contributed by atoms with Gasteiger partial charge in [-0.05, 0) is 38.9 Å². The standard InChI is InChI=1S/C16H22F2N2O2/c1-11(16-13(17)4-3-5-14(16)18)19(2)10-15(22)20-8-6-12(21)7-9-20/h3-5,11-12,21H,6-10H2,1-2H3. The molecule has 1 aromatic carbocycles. The Morgan fingerprint density at radius 3 is 2.45 bits per heavy atom. The van der Waals surface area contributed by atoms with E-state index >= 15 is 0 Å². The number of nitrogens with zero attached hydrogens (tertiary/aromatic N) is 2. The maximum atomic E-state index is 13.8. The topological polar surface area (TPSA) is 43.8 Å². The summed E-state index contributed by atoms with van der Waals surface area (Å²) in [5.41, 5.74) is -0.0214. The summed E-state index contributed by atoms with van der Waals surface area (Å²) in [7, 11) is 1.67. The number of hydrogen-bond acceptors (Lipinski definition) is 3. The summed E-state index contributed by atoms with van der Waals surface area (Å²) < 4.78 is 27.6. The first kappa shape index (κ1) is 16.8. The minimum absolute atomic E-state index is 0.0214. The SMILES string of the molecule is CC(c1c(F)cccc1F)N(C)CC(=O)N1CCC(O)CC1. The highest BCUT2D eigenvalue weighted by Gasteiger charge is 2.25. The molecule has 1 atom stereocenters. The molecular formula is C16H22F2N2O2. The molecule has 0 bridgehead atoms. The van der Waals surface area contributed by atoms with Crippen molar-refractivity contribution in [2.24, 2.45) is 0 Å². The van der Waals surface area contributed by atoms with Gasteiger partial charge in [-0.25, -0.2) is 8.78 Å². The number of carbonyl (C=O) groups is 1. The Balaban J connectivity index is 1.99. The van der Waals surface area contributed by atoms with E-state index in [1.807, 2.05) is 0 Å². The molecule has 0 saturated carbocycles. The Labute approximate surface area is 129 Å². The summed E-state index contributed by atoms with van der Waals surface area (Å²) in [6, 6.07) is 3.22. The molecule has 1 amide bonds. The van der Waals surface area contributed by atoms with Crippen LogP contribution in [0.5, 0.6) is 0 Å². The molecule has 6 heteroatoms. The Hall–Kier alpha value is -1.53. The molecule has 1 fully saturated rings. The lowest BCUT2D eigenvalue weighted by molar-refractivity contribution is -0.134. The summed E-state index contributed by atoms with van der Waals surface area (Å²) in [6.07, 6.45) is 0.813. The molecule has 2 rings (SSSR count). The van der Waals surface area contributed by atoms with E-state index < -0.39 is 17.7 Å². The van der Waals surface area contributed by atoms with E-state index in [9.17, 15) is 18.7 Å². The first-order valence-electron chi connectivity index (χ1n) is 7.50. The van der Waals surface area contributed by atoms with Gasteiger partial charge in [0.25, 0.3) is 0 Å². The van der Waals surface area contributed by atoms with Crippen LogP contribution in [0.1, 0.15) is 31.4 Å². The first-order valence-corrected chi connectivity index (χ1v) is 7.50. The fourth-order valence-electron chi connectivity index (χ4n) is 2.70. The Morgan fingerprint density at radius 2 is 1.91 bits per heavy atom. The average molecular weight is 312 g/mol. The van der Waals surface area contributed by atoms with Crippen LogP contribution < -0.4 is 0 Å². The van der Waals surface area contributed by atoms with Gasteiger partial charge in [0.2, 0.25) is 5.91 Å². The van der Waals surface area contributed by atoms with Crippen molar-refractivity contribution in [2.45, 2.75) is 31.9 Å². The highest BCUT2D eigenvalue weighted by molar-refractivity contribution is 5.78. The van der Waals surface area contributed by atoms with Gasteiger partial charge in [0, 0.05) is 24.7 Å². The van der Waals surface area contributed by atoms with Crippen LogP contribution in [0.25, 0.3) is 0 Å². The van der Waals surface area contributed by atoms with Crippen molar-refractivity contribution in [3.8, 4) is 0 Å². The molecule has 1 N–H and O–H groups in total. The monoisotopic (exact) mass is 312 g/mol. The van der Waals surface area contributed by atoms with E-state index in [0.717, 1.165) is 0 Å². The number of likely N-dealkylation sites (N-methyl/N-ethyl adjacent to an activating group) is 1. The maximum absolute atomic E-state index is 13.8. The van der Waals surface area contributed by atoms with Gasteiger partial charge in [0.1, 0.15) is 11.6 Å². The lowest BCUT2D eigenvalue weighted by atomic mass is 10.1. The molecule has 1 aromatic rings. The molecule has 1 aliphatic rings. The van der Waals surface area contributed by atoms with Crippen molar-refractivity contribution in [2.75, 3.05) is 26.7 Å². The zero-order valence-electron chi connectivity index (χ0n) is 12.9. The number of carbonyl (C=O) groups excluding carboxylic acids is 1. The predicted octanol–water partition coefficient (Wildman–Crippen LogP) is 1.94. The summed E-state index contributed by atoms with van der Waals surface area (Å²) in [4.78, 5) is 15.6. The van der Waals surface area contributed by atoms with Crippen molar-refractivity contribution < 1.29 is 18.7 Å². The maximum Gasteiger partial charge on any atom is 0.236 e. The van der Waals surface area contributed by atoms with Crippen LogP contribution in [-0.2, 0) is 4.79 Å². The van der Waals surface area contributed by atoms with Crippen LogP contribution in [-0.4, -0.2) is 53.6 Å². The molecule has 0 aromatic heterocycles. The number of halogens is 2. The van der Waals surface area contributed by atoms with Gasteiger partial charge >= 0.3 is 0 Å². The van der Waals surface area contributed by atoms with Gasteiger partial charge in [-0.3, -0.25) is 9.69 Å². The second-order valence-corrected chi connectivity index (χ2v) is 5.84. The molecule has 1 aliphatic heterocycles. The van der Waals surface area contributed by atoms with E-state index in [2.05, 4.69) is 0 Å². The highest BCUT2D eigenvalue weighted by Crippen LogP contribution is 2.24. The van der Waals surface area contributed by atoms with E-state index in [4.69, 9.17) is 0 Å². The quantitative estimate of drug-likeness (QED) is 0.924. The van der Waals surface area contributed by atoms with Crippen molar-refractivity contribution in [1.29, 1.82) is 0 Å². The molecule has 4 nitrogen and oxygen atoms in total. The fraction of sp³-hybridized carbons (Fsp3) is 0.562. The first-order chi connectivity index (χ1) is 10.4. The van der Waals surface area contributed by atoms with E-state index in [-0.39, 0.29) is 24.1 Å². The number of hydrogen-bond donors (Lipinski definition) is 1. The lowest BCUT2D eigenvalue weighted by Crippen LogP contribution is -2.44. The molecule has 0 aliphatic carbocycles. The third-order valence-corrected chi connectivity index (χ3v) is 4.28. The second kappa shape index (κ2) is 7.15. The smallest absolute Gasteiger partial charge is 0.236 e. The highest BCUT2D eigenvalue weighted by atomic mass is 19.1. The van der Waals surface area contributed by atoms with Gasteiger partial charge in [-0.2, -0.15) is 0 Å². The predicted molar refractivity (Wildman–Crippen MR) is 79.2 cm³/mol. The zero-order valence-corrected chi connectivity index (χ0v) is 12.9. The molecule has 1 unspecified atom stereocenters. The number of amides is 1. The van der Waals surface area contributed by atoms with Gasteiger partial charge in [0.05, 0.1) is 12.6 Å². The van der Waals surface area contributed by atoms with Crippen LogP contribution in [0.4, 0.5) is 8.78 Å². The van der Waals surface area contributed by atoms with Gasteiger partial charge in [-0.15, -0.1) is 0 Å². The zero-order chi connectivity index (χ0) is 16.3. The molecule has 1 saturated heterocycles. The van der Waals surface area contributed by atoms with E-state index in [0.29, 0.717) is 25.9 Å². The normalized spacial score (nSPS) is 17.8. The van der Waals surface area contributed by atoms with Gasteiger partial charge in [0.15, 0.2) is 0 Å². The number of benzene rings is 1. The number of aliphatic hydroxyl groups excluding tert-OH is 1. The van der Waals surface area contributed by atoms with Crippen molar-refractivity contribution in [3.05, 3.63) is 35.4 Å². The van der Waals surface area contributed by atoms with E-state index in [1.54, 1.807) is 23.8 Å². The van der Waals surface area contributed by atoms with Gasteiger partial charge in [-0.1, -0.05) is 6.07 Å². The summed E-state index contributed by atoms with van der Waals surface area (Å²) in [5, 5.41) is 9.46. The van der Waals surface area contributed by atoms with Crippen molar-refractivity contribution >= 4 is 5.91 Å². The van der Waals surface area contributed by atoms with Crippen LogP contribution in [0.15, 0.2) is 18.2 Å². The molecule has 122 valence electrons. The third kappa shape index (κ3) is 3.81. The number of aliphatic hydroxyl groups is 1. The number of rotatable bonds is 4. The lowest BCUT2D eigenvalue weighted by Gasteiger charge is -2.32. The Kier molecular flexibility index (Phi) is 5.47. The average Bonchev–Trinajstić information content (AvgIpc) is 2.47. The van der Waals surface area contributed by atoms with Crippen molar-refractivity contribution in [3.63, 3.8) is 0 Å². The van der Waals surface area contributed by atoms with Crippen LogP contribution in [0, 0.1) is 11.6 Å². The van der Waals surface area contributed by atoms with Crippen molar-refractivity contribution in [1.82, 2.24) is 9.80 Å². The molecule has 22 heavy (non-hydrogen) atoms. The molecule has 1 heterocycles. The minimum atomic E-state index is -0.604. The summed E-state index contributed by atoms with van der Waals surface area (Å²) in [6.45, 7) is 2.81. The second-order valence-electron chi connectivity index (χ2n) is 5.84. The summed E-state index contributed by atoms with van der Waals surface area (Å²) in [5.74, 6) is -1.29. The Morgan fingerprint density at radius 1 is 1.36 bits per heavy atom.